The minimum absolute atomic E-state index is 0.767. The summed E-state index contributed by atoms with van der Waals surface area (Å²) in [5.41, 5.74) is 0. The van der Waals surface area contributed by atoms with E-state index in [0.29, 0.717) is 0 Å². The summed E-state index contributed by atoms with van der Waals surface area (Å²) in [5.74, 6) is 1.91. The highest BCUT2D eigenvalue weighted by Gasteiger charge is 2.28. The number of nitrogens with zero attached hydrogens (tertiary/aromatic N) is 1. The molecule has 1 atom stereocenters. The molecule has 2 saturated heterocycles. The monoisotopic (exact) mass is 252 g/mol. The third kappa shape index (κ3) is 3.94. The minimum Gasteiger partial charge on any atom is -0.381 e. The molecule has 0 radical (unpaired) electrons. The molecule has 1 N–H and O–H groups in total. The molecule has 2 aliphatic heterocycles. The standard InChI is InChI=1S/C15H28N2O/c1-2-15(16-7-1)12-17(10-13-3-4-13)11-14-5-8-18-9-6-14/h13-16H,1-12H2. The first kappa shape index (κ1) is 12.9. The lowest BCUT2D eigenvalue weighted by Crippen LogP contribution is -2.41. The lowest BCUT2D eigenvalue weighted by Gasteiger charge is -2.31. The van der Waals surface area contributed by atoms with Crippen LogP contribution in [0.3, 0.4) is 0 Å². The molecule has 2 heterocycles. The first-order valence-corrected chi connectivity index (χ1v) is 7.93. The van der Waals surface area contributed by atoms with Crippen LogP contribution in [0.1, 0.15) is 38.5 Å². The first-order chi connectivity index (χ1) is 8.90. The molecule has 3 nitrogen and oxygen atoms in total. The molecule has 3 fully saturated rings. The zero-order valence-corrected chi connectivity index (χ0v) is 11.6. The Bertz CT molecular complexity index is 243. The molecule has 0 bridgehead atoms. The summed E-state index contributed by atoms with van der Waals surface area (Å²) in [7, 11) is 0. The van der Waals surface area contributed by atoms with Crippen LogP contribution < -0.4 is 5.32 Å². The Morgan fingerprint density at radius 3 is 2.22 bits per heavy atom. The second kappa shape index (κ2) is 6.36. The van der Waals surface area contributed by atoms with Gasteiger partial charge in [0.15, 0.2) is 0 Å². The highest BCUT2D eigenvalue weighted by molar-refractivity contribution is 4.83. The number of hydrogen-bond donors (Lipinski definition) is 1. The summed E-state index contributed by atoms with van der Waals surface area (Å²) >= 11 is 0. The molecule has 0 aromatic heterocycles. The van der Waals surface area contributed by atoms with E-state index in [-0.39, 0.29) is 0 Å². The molecule has 1 unspecified atom stereocenters. The van der Waals surface area contributed by atoms with Crippen molar-refractivity contribution in [1.29, 1.82) is 0 Å². The third-order valence-corrected chi connectivity index (χ3v) is 4.71. The smallest absolute Gasteiger partial charge is 0.0469 e. The van der Waals surface area contributed by atoms with Crippen molar-refractivity contribution in [3.05, 3.63) is 0 Å². The van der Waals surface area contributed by atoms with Crippen LogP contribution in [0.2, 0.25) is 0 Å². The average Bonchev–Trinajstić information content (AvgIpc) is 3.05. The second-order valence-corrected chi connectivity index (χ2v) is 6.51. The van der Waals surface area contributed by atoms with E-state index < -0.39 is 0 Å². The predicted molar refractivity (Wildman–Crippen MR) is 73.7 cm³/mol. The van der Waals surface area contributed by atoms with Gasteiger partial charge < -0.3 is 15.0 Å². The van der Waals surface area contributed by atoms with E-state index in [2.05, 4.69) is 10.2 Å². The van der Waals surface area contributed by atoms with Crippen molar-refractivity contribution in [3.8, 4) is 0 Å². The molecule has 3 rings (SSSR count). The van der Waals surface area contributed by atoms with Gasteiger partial charge in [0, 0.05) is 38.9 Å². The van der Waals surface area contributed by atoms with Gasteiger partial charge in [-0.15, -0.1) is 0 Å². The first-order valence-electron chi connectivity index (χ1n) is 7.93. The zero-order valence-electron chi connectivity index (χ0n) is 11.6. The van der Waals surface area contributed by atoms with Crippen molar-refractivity contribution in [2.45, 2.75) is 44.6 Å². The van der Waals surface area contributed by atoms with Gasteiger partial charge in [0.2, 0.25) is 0 Å². The van der Waals surface area contributed by atoms with E-state index in [0.717, 1.165) is 31.1 Å². The predicted octanol–water partition coefficient (Wildman–Crippen LogP) is 1.88. The SMILES string of the molecule is C1CNC(CN(CC2CCOCC2)CC2CC2)C1. The van der Waals surface area contributed by atoms with E-state index in [9.17, 15) is 0 Å². The van der Waals surface area contributed by atoms with Gasteiger partial charge in [-0.05, 0) is 56.9 Å². The van der Waals surface area contributed by atoms with Crippen LogP contribution in [-0.2, 0) is 4.74 Å². The van der Waals surface area contributed by atoms with Crippen molar-refractivity contribution in [2.75, 3.05) is 39.4 Å². The lowest BCUT2D eigenvalue weighted by molar-refractivity contribution is 0.0507. The van der Waals surface area contributed by atoms with Gasteiger partial charge in [-0.1, -0.05) is 0 Å². The van der Waals surface area contributed by atoms with Crippen molar-refractivity contribution >= 4 is 0 Å². The van der Waals surface area contributed by atoms with Gasteiger partial charge in [0.1, 0.15) is 0 Å². The molecule has 0 aromatic carbocycles. The highest BCUT2D eigenvalue weighted by atomic mass is 16.5. The summed E-state index contributed by atoms with van der Waals surface area (Å²) in [6.45, 7) is 7.17. The Morgan fingerprint density at radius 1 is 0.889 bits per heavy atom. The molecule has 0 spiro atoms. The van der Waals surface area contributed by atoms with Gasteiger partial charge in [0.25, 0.3) is 0 Å². The zero-order chi connectivity index (χ0) is 12.2. The Hall–Kier alpha value is -0.120. The summed E-state index contributed by atoms with van der Waals surface area (Å²) in [4.78, 5) is 2.76. The second-order valence-electron chi connectivity index (χ2n) is 6.51. The minimum atomic E-state index is 0.767. The Morgan fingerprint density at radius 2 is 1.61 bits per heavy atom. The maximum atomic E-state index is 5.48. The van der Waals surface area contributed by atoms with E-state index in [1.807, 2.05) is 0 Å². The fourth-order valence-corrected chi connectivity index (χ4v) is 3.41. The third-order valence-electron chi connectivity index (χ3n) is 4.71. The number of nitrogens with one attached hydrogen (secondary N) is 1. The molecule has 1 saturated carbocycles. The summed E-state index contributed by atoms with van der Waals surface area (Å²) < 4.78 is 5.48. The molecular formula is C15H28N2O. The number of hydrogen-bond acceptors (Lipinski definition) is 3. The quantitative estimate of drug-likeness (QED) is 0.781. The molecule has 0 aromatic rings. The number of ether oxygens (including phenoxy) is 1. The lowest BCUT2D eigenvalue weighted by atomic mass is 9.99. The van der Waals surface area contributed by atoms with Crippen molar-refractivity contribution in [2.24, 2.45) is 11.8 Å². The Labute approximate surface area is 111 Å². The normalized spacial score (nSPS) is 30.2. The fraction of sp³-hybridized carbons (Fsp3) is 1.00. The van der Waals surface area contributed by atoms with E-state index >= 15 is 0 Å². The van der Waals surface area contributed by atoms with Crippen molar-refractivity contribution in [1.82, 2.24) is 10.2 Å². The molecule has 104 valence electrons. The molecule has 1 aliphatic carbocycles. The van der Waals surface area contributed by atoms with Crippen LogP contribution in [0.5, 0.6) is 0 Å². The van der Waals surface area contributed by atoms with Gasteiger partial charge in [-0.3, -0.25) is 0 Å². The average molecular weight is 252 g/mol. The molecule has 3 heteroatoms. The van der Waals surface area contributed by atoms with Crippen molar-refractivity contribution < 1.29 is 4.74 Å². The van der Waals surface area contributed by atoms with Gasteiger partial charge in [-0.2, -0.15) is 0 Å². The Kier molecular flexibility index (Phi) is 4.55. The summed E-state index contributed by atoms with van der Waals surface area (Å²) in [5, 5.41) is 3.65. The van der Waals surface area contributed by atoms with Crippen LogP contribution in [0, 0.1) is 11.8 Å². The van der Waals surface area contributed by atoms with Crippen LogP contribution in [0.25, 0.3) is 0 Å². The van der Waals surface area contributed by atoms with E-state index in [1.54, 1.807) is 0 Å². The van der Waals surface area contributed by atoms with E-state index in [1.165, 1.54) is 64.7 Å². The van der Waals surface area contributed by atoms with Gasteiger partial charge >= 0.3 is 0 Å². The van der Waals surface area contributed by atoms with Crippen LogP contribution in [0.15, 0.2) is 0 Å². The Balaban J connectivity index is 1.47. The molecule has 3 aliphatic rings. The maximum Gasteiger partial charge on any atom is 0.0469 e. The van der Waals surface area contributed by atoms with Crippen LogP contribution >= 0.6 is 0 Å². The molecule has 18 heavy (non-hydrogen) atoms. The van der Waals surface area contributed by atoms with Crippen LogP contribution in [-0.4, -0.2) is 50.3 Å². The largest absolute Gasteiger partial charge is 0.381 e. The highest BCUT2D eigenvalue weighted by Crippen LogP contribution is 2.30. The number of rotatable bonds is 6. The summed E-state index contributed by atoms with van der Waals surface area (Å²) in [6.07, 6.45) is 8.26. The van der Waals surface area contributed by atoms with Crippen LogP contribution in [0.4, 0.5) is 0 Å². The summed E-state index contributed by atoms with van der Waals surface area (Å²) in [6, 6.07) is 0.767. The fourth-order valence-electron chi connectivity index (χ4n) is 3.41. The van der Waals surface area contributed by atoms with Crippen molar-refractivity contribution in [3.63, 3.8) is 0 Å². The van der Waals surface area contributed by atoms with E-state index in [4.69, 9.17) is 4.74 Å². The van der Waals surface area contributed by atoms with Gasteiger partial charge in [-0.25, -0.2) is 0 Å². The van der Waals surface area contributed by atoms with Gasteiger partial charge in [0.05, 0.1) is 0 Å². The molecule has 0 amide bonds. The topological polar surface area (TPSA) is 24.5 Å². The maximum absolute atomic E-state index is 5.48. The molecular weight excluding hydrogens is 224 g/mol.